The van der Waals surface area contributed by atoms with Crippen LogP contribution in [-0.4, -0.2) is 19.4 Å². The van der Waals surface area contributed by atoms with Gasteiger partial charge >= 0.3 is 0 Å². The maximum Gasteiger partial charge on any atom is 0.0656 e. The molecule has 10 heavy (non-hydrogen) atoms. The third-order valence-corrected chi connectivity index (χ3v) is 4.30. The van der Waals surface area contributed by atoms with Gasteiger partial charge in [-0.25, -0.2) is 0 Å². The summed E-state index contributed by atoms with van der Waals surface area (Å²) in [4.78, 5) is 0. The topological polar surface area (TPSA) is 9.23 Å². The maximum absolute atomic E-state index is 5.45. The van der Waals surface area contributed by atoms with Gasteiger partial charge in [0.2, 0.25) is 0 Å². The van der Waals surface area contributed by atoms with Crippen LogP contribution in [0.15, 0.2) is 0 Å². The zero-order chi connectivity index (χ0) is 7.61. The van der Waals surface area contributed by atoms with Gasteiger partial charge in [0, 0.05) is 12.1 Å². The molecule has 0 spiro atoms. The van der Waals surface area contributed by atoms with Crippen LogP contribution in [0.4, 0.5) is 0 Å². The minimum absolute atomic E-state index is 0.316. The fraction of sp³-hybridized carbons (Fsp3) is 0.714. The van der Waals surface area contributed by atoms with Crippen molar-refractivity contribution in [1.29, 1.82) is 0 Å². The van der Waals surface area contributed by atoms with E-state index in [2.05, 4.69) is 5.92 Å². The maximum atomic E-state index is 5.45. The van der Waals surface area contributed by atoms with Crippen LogP contribution >= 0.6 is 6.26 Å². The molecule has 1 heterocycles. The molecule has 3 heteroatoms. The molecule has 0 aromatic carbocycles. The third-order valence-electron chi connectivity index (χ3n) is 1.67. The molecule has 0 bridgehead atoms. The van der Waals surface area contributed by atoms with E-state index in [9.17, 15) is 0 Å². The van der Waals surface area contributed by atoms with Gasteiger partial charge in [-0.15, -0.1) is 12.3 Å². The summed E-state index contributed by atoms with van der Waals surface area (Å²) in [5.41, 5.74) is 0. The molecule has 0 aromatic heterocycles. The van der Waals surface area contributed by atoms with Gasteiger partial charge in [0.15, 0.2) is 0 Å². The van der Waals surface area contributed by atoms with Crippen molar-refractivity contribution in [1.82, 2.24) is 0 Å². The summed E-state index contributed by atoms with van der Waals surface area (Å²) in [7, 11) is 0. The van der Waals surface area contributed by atoms with E-state index >= 15 is 0 Å². The Morgan fingerprint density at radius 2 is 2.50 bits per heavy atom. The van der Waals surface area contributed by atoms with Gasteiger partial charge in [0.05, 0.1) is 12.9 Å². The lowest BCUT2D eigenvalue weighted by atomic mass is 10.1. The molecular weight excluding hydrogens is 163 g/mol. The Bertz CT molecular complexity index is 194. The number of hydrogen-bond donors (Lipinski definition) is 0. The summed E-state index contributed by atoms with van der Waals surface area (Å²) in [6.45, 7) is 2.72. The highest BCUT2D eigenvalue weighted by Crippen LogP contribution is 2.47. The lowest BCUT2D eigenvalue weighted by molar-refractivity contribution is 0.285. The van der Waals surface area contributed by atoms with Gasteiger partial charge in [0.25, 0.3) is 0 Å². The van der Waals surface area contributed by atoms with Crippen LogP contribution in [0.5, 0.6) is 0 Å². The monoisotopic (exact) mass is 174 g/mol. The quantitative estimate of drug-likeness (QED) is 0.408. The first-order chi connectivity index (χ1) is 4.64. The summed E-state index contributed by atoms with van der Waals surface area (Å²) in [5.74, 6) is 3.00. The first kappa shape index (κ1) is 8.27. The Kier molecular flexibility index (Phi) is 2.52. The molecule has 0 amide bonds. The van der Waals surface area contributed by atoms with Gasteiger partial charge in [-0.2, -0.15) is 0 Å². The van der Waals surface area contributed by atoms with E-state index in [4.69, 9.17) is 22.8 Å². The molecule has 1 aliphatic rings. The van der Waals surface area contributed by atoms with Crippen molar-refractivity contribution < 1.29 is 4.52 Å². The average molecular weight is 174 g/mol. The second-order valence-electron chi connectivity index (χ2n) is 2.69. The van der Waals surface area contributed by atoms with E-state index < -0.39 is 6.26 Å². The second-order valence-corrected chi connectivity index (χ2v) is 7.74. The molecule has 1 aliphatic heterocycles. The molecule has 0 aliphatic carbocycles. The largest absolute Gasteiger partial charge is 0.350 e. The Labute approximate surface area is 67.2 Å². The van der Waals surface area contributed by atoms with Crippen molar-refractivity contribution in [2.45, 2.75) is 6.42 Å². The average Bonchev–Trinajstić information content (AvgIpc) is 1.88. The molecule has 56 valence electrons. The second kappa shape index (κ2) is 3.05. The predicted molar refractivity (Wildman–Crippen MR) is 48.0 cm³/mol. The van der Waals surface area contributed by atoms with Crippen molar-refractivity contribution >= 4 is 18.1 Å². The van der Waals surface area contributed by atoms with E-state index in [1.807, 2.05) is 6.66 Å². The minimum atomic E-state index is -1.40. The highest BCUT2D eigenvalue weighted by Gasteiger charge is 2.21. The molecule has 1 rings (SSSR count). The van der Waals surface area contributed by atoms with E-state index in [0.717, 1.165) is 12.6 Å². The van der Waals surface area contributed by atoms with Crippen LogP contribution in [0.1, 0.15) is 6.42 Å². The molecule has 2 atom stereocenters. The first-order valence-corrected chi connectivity index (χ1v) is 6.66. The van der Waals surface area contributed by atoms with Crippen molar-refractivity contribution in [3.8, 4) is 12.3 Å². The zero-order valence-corrected chi connectivity index (χ0v) is 7.75. The molecule has 1 saturated heterocycles. The van der Waals surface area contributed by atoms with E-state index in [0.29, 0.717) is 12.5 Å². The predicted octanol–water partition coefficient (Wildman–Crippen LogP) is 1.68. The molecule has 1 fully saturated rings. The van der Waals surface area contributed by atoms with Crippen LogP contribution in [-0.2, 0) is 16.3 Å². The standard InChI is InChI=1S/C7H11OPS/c1-3-7-4-5-9(2,10)8-6-7/h1,7H,4-6H2,2H3. The number of rotatable bonds is 0. The molecule has 0 radical (unpaired) electrons. The Hall–Kier alpha value is 0.170. The van der Waals surface area contributed by atoms with Gasteiger partial charge in [-0.05, 0) is 13.1 Å². The lowest BCUT2D eigenvalue weighted by Gasteiger charge is -2.26. The van der Waals surface area contributed by atoms with Crippen molar-refractivity contribution in [2.75, 3.05) is 19.4 Å². The van der Waals surface area contributed by atoms with Crippen molar-refractivity contribution in [2.24, 2.45) is 5.92 Å². The van der Waals surface area contributed by atoms with E-state index in [1.165, 1.54) is 0 Å². The molecule has 0 saturated carbocycles. The Morgan fingerprint density at radius 1 is 1.80 bits per heavy atom. The molecule has 0 aromatic rings. The van der Waals surface area contributed by atoms with Gasteiger partial charge in [0.1, 0.15) is 0 Å². The van der Waals surface area contributed by atoms with Crippen LogP contribution in [0.25, 0.3) is 0 Å². The highest BCUT2D eigenvalue weighted by molar-refractivity contribution is 8.11. The van der Waals surface area contributed by atoms with Gasteiger partial charge < -0.3 is 4.52 Å². The Morgan fingerprint density at radius 3 is 2.90 bits per heavy atom. The van der Waals surface area contributed by atoms with Crippen LogP contribution in [0.3, 0.4) is 0 Å². The molecular formula is C7H11OPS. The van der Waals surface area contributed by atoms with Gasteiger partial charge in [-0.3, -0.25) is 0 Å². The number of terminal acetylenes is 1. The number of hydrogen-bond acceptors (Lipinski definition) is 2. The van der Waals surface area contributed by atoms with Crippen molar-refractivity contribution in [3.63, 3.8) is 0 Å². The lowest BCUT2D eigenvalue weighted by Crippen LogP contribution is -2.15. The zero-order valence-electron chi connectivity index (χ0n) is 6.04. The molecule has 2 unspecified atom stereocenters. The summed E-state index contributed by atoms with van der Waals surface area (Å²) >= 11 is 5.22. The summed E-state index contributed by atoms with van der Waals surface area (Å²) < 4.78 is 5.45. The fourth-order valence-electron chi connectivity index (χ4n) is 0.917. The highest BCUT2D eigenvalue weighted by atomic mass is 32.4. The van der Waals surface area contributed by atoms with Crippen LogP contribution in [0.2, 0.25) is 0 Å². The van der Waals surface area contributed by atoms with Crippen LogP contribution in [0, 0.1) is 18.3 Å². The SMILES string of the molecule is C#CC1CCP(C)(=S)OC1. The Balaban J connectivity index is 2.48. The smallest absolute Gasteiger partial charge is 0.0656 e. The van der Waals surface area contributed by atoms with Crippen LogP contribution < -0.4 is 0 Å². The summed E-state index contributed by atoms with van der Waals surface area (Å²) in [6.07, 6.45) is 5.91. The van der Waals surface area contributed by atoms with Crippen molar-refractivity contribution in [3.05, 3.63) is 0 Å². The first-order valence-electron chi connectivity index (χ1n) is 3.31. The summed E-state index contributed by atoms with van der Waals surface area (Å²) in [5, 5.41) is 0. The molecule has 1 nitrogen and oxygen atoms in total. The normalized spacial score (nSPS) is 40.6. The van der Waals surface area contributed by atoms with E-state index in [-0.39, 0.29) is 0 Å². The molecule has 0 N–H and O–H groups in total. The summed E-state index contributed by atoms with van der Waals surface area (Å²) in [6, 6.07) is 0. The minimum Gasteiger partial charge on any atom is -0.350 e. The van der Waals surface area contributed by atoms with E-state index in [1.54, 1.807) is 0 Å². The fourth-order valence-corrected chi connectivity index (χ4v) is 2.82. The third kappa shape index (κ3) is 2.09. The van der Waals surface area contributed by atoms with Gasteiger partial charge in [-0.1, -0.05) is 11.8 Å².